The summed E-state index contributed by atoms with van der Waals surface area (Å²) in [6.45, 7) is 4.36. The zero-order valence-corrected chi connectivity index (χ0v) is 9.91. The van der Waals surface area contributed by atoms with Crippen LogP contribution in [-0.4, -0.2) is 21.4 Å². The molecule has 0 unspecified atom stereocenters. The van der Waals surface area contributed by atoms with Crippen molar-refractivity contribution in [1.82, 2.24) is 0 Å². The average molecular weight is 236 g/mol. The average Bonchev–Trinajstić information content (AvgIpc) is 2.04. The standard InChI is InChI=1S/C8H16BrOSi/c1-3-5-8(7-9,10-11)6-4-2/h3-7H2,1-2H3. The molecule has 0 saturated heterocycles. The summed E-state index contributed by atoms with van der Waals surface area (Å²) in [7, 11) is 3.15. The van der Waals surface area contributed by atoms with Gasteiger partial charge in [0.05, 0.1) is 5.60 Å². The molecule has 65 valence electrons. The number of alkyl halides is 1. The topological polar surface area (TPSA) is 9.23 Å². The lowest BCUT2D eigenvalue weighted by molar-refractivity contribution is 0.0858. The molecule has 0 N–H and O–H groups in total. The van der Waals surface area contributed by atoms with Crippen LogP contribution >= 0.6 is 15.9 Å². The summed E-state index contributed by atoms with van der Waals surface area (Å²) >= 11 is 3.48. The van der Waals surface area contributed by atoms with E-state index in [9.17, 15) is 0 Å². The first-order valence-electron chi connectivity index (χ1n) is 4.15. The van der Waals surface area contributed by atoms with Gasteiger partial charge in [0.2, 0.25) is 10.5 Å². The Labute approximate surface area is 81.6 Å². The van der Waals surface area contributed by atoms with Gasteiger partial charge in [0, 0.05) is 5.33 Å². The third-order valence-corrected chi connectivity index (χ3v) is 3.33. The maximum atomic E-state index is 5.33. The van der Waals surface area contributed by atoms with E-state index < -0.39 is 0 Å². The van der Waals surface area contributed by atoms with Crippen LogP contribution in [0.5, 0.6) is 0 Å². The summed E-state index contributed by atoms with van der Waals surface area (Å²) in [4.78, 5) is 0. The molecule has 0 aromatic heterocycles. The van der Waals surface area contributed by atoms with E-state index in [2.05, 4.69) is 40.3 Å². The van der Waals surface area contributed by atoms with Crippen LogP contribution in [0.4, 0.5) is 0 Å². The molecule has 0 fully saturated rings. The highest BCUT2D eigenvalue weighted by Crippen LogP contribution is 2.25. The molecule has 3 heteroatoms. The fourth-order valence-corrected chi connectivity index (χ4v) is 2.46. The number of halogens is 1. The van der Waals surface area contributed by atoms with Crippen LogP contribution in [0.2, 0.25) is 0 Å². The van der Waals surface area contributed by atoms with E-state index in [4.69, 9.17) is 4.43 Å². The largest absolute Gasteiger partial charge is 0.412 e. The Balaban J connectivity index is 3.96. The Morgan fingerprint density at radius 3 is 1.91 bits per heavy atom. The van der Waals surface area contributed by atoms with E-state index in [1.54, 1.807) is 0 Å². The summed E-state index contributed by atoms with van der Waals surface area (Å²) in [6, 6.07) is 0. The van der Waals surface area contributed by atoms with Gasteiger partial charge in [0.15, 0.2) is 0 Å². The van der Waals surface area contributed by atoms with Crippen molar-refractivity contribution < 1.29 is 4.43 Å². The predicted molar refractivity (Wildman–Crippen MR) is 53.2 cm³/mol. The van der Waals surface area contributed by atoms with E-state index in [0.29, 0.717) is 0 Å². The zero-order valence-electron chi connectivity index (χ0n) is 7.32. The second kappa shape index (κ2) is 6.20. The molecule has 0 aliphatic carbocycles. The van der Waals surface area contributed by atoms with Gasteiger partial charge in [-0.05, 0) is 12.8 Å². The summed E-state index contributed by atoms with van der Waals surface area (Å²) in [5.74, 6) is 0. The quantitative estimate of drug-likeness (QED) is 0.509. The zero-order chi connectivity index (χ0) is 8.74. The third kappa shape index (κ3) is 3.72. The van der Waals surface area contributed by atoms with E-state index in [-0.39, 0.29) is 5.60 Å². The Morgan fingerprint density at radius 2 is 1.73 bits per heavy atom. The molecule has 1 nitrogen and oxygen atoms in total. The van der Waals surface area contributed by atoms with Crippen LogP contribution in [0.25, 0.3) is 0 Å². The molecule has 3 radical (unpaired) electrons. The minimum Gasteiger partial charge on any atom is -0.412 e. The van der Waals surface area contributed by atoms with Crippen molar-refractivity contribution in [2.75, 3.05) is 5.33 Å². The first kappa shape index (κ1) is 11.7. The predicted octanol–water partition coefficient (Wildman–Crippen LogP) is 2.82. The molecule has 0 aliphatic heterocycles. The van der Waals surface area contributed by atoms with Crippen molar-refractivity contribution >= 4 is 26.4 Å². The lowest BCUT2D eigenvalue weighted by atomic mass is 9.95. The second-order valence-electron chi connectivity index (χ2n) is 2.92. The molecule has 0 saturated carbocycles. The lowest BCUT2D eigenvalue weighted by Crippen LogP contribution is -2.33. The van der Waals surface area contributed by atoms with Crippen molar-refractivity contribution in [3.8, 4) is 0 Å². The second-order valence-corrected chi connectivity index (χ2v) is 3.68. The van der Waals surface area contributed by atoms with Crippen molar-refractivity contribution in [3.63, 3.8) is 0 Å². The maximum Gasteiger partial charge on any atom is 0.247 e. The van der Waals surface area contributed by atoms with Gasteiger partial charge in [-0.3, -0.25) is 0 Å². The summed E-state index contributed by atoms with van der Waals surface area (Å²) < 4.78 is 5.33. The van der Waals surface area contributed by atoms with Gasteiger partial charge in [-0.1, -0.05) is 42.6 Å². The van der Waals surface area contributed by atoms with Gasteiger partial charge in [-0.2, -0.15) is 0 Å². The highest BCUT2D eigenvalue weighted by atomic mass is 79.9. The minimum atomic E-state index is 0.0143. The van der Waals surface area contributed by atoms with Gasteiger partial charge >= 0.3 is 0 Å². The third-order valence-electron chi connectivity index (χ3n) is 1.87. The van der Waals surface area contributed by atoms with Gasteiger partial charge in [-0.25, -0.2) is 0 Å². The molecule has 0 aliphatic rings. The SMILES string of the molecule is CCCC(CBr)(CCC)O[Si]. The van der Waals surface area contributed by atoms with E-state index in [0.717, 1.165) is 31.0 Å². The van der Waals surface area contributed by atoms with Crippen molar-refractivity contribution in [2.45, 2.75) is 45.1 Å². The van der Waals surface area contributed by atoms with Gasteiger partial charge in [-0.15, -0.1) is 0 Å². The van der Waals surface area contributed by atoms with Crippen LogP contribution in [0.3, 0.4) is 0 Å². The van der Waals surface area contributed by atoms with Crippen LogP contribution in [-0.2, 0) is 4.43 Å². The van der Waals surface area contributed by atoms with Gasteiger partial charge in [0.25, 0.3) is 0 Å². The maximum absolute atomic E-state index is 5.33. The Kier molecular flexibility index (Phi) is 6.57. The molecule has 0 bridgehead atoms. The Hall–Kier alpha value is 0.657. The van der Waals surface area contributed by atoms with Crippen LogP contribution < -0.4 is 0 Å². The fourth-order valence-electron chi connectivity index (χ4n) is 1.30. The smallest absolute Gasteiger partial charge is 0.247 e. The first-order valence-corrected chi connectivity index (χ1v) is 5.68. The molecular weight excluding hydrogens is 220 g/mol. The molecular formula is C8H16BrOSi. The number of hydrogen-bond donors (Lipinski definition) is 0. The van der Waals surface area contributed by atoms with Gasteiger partial charge < -0.3 is 4.43 Å². The molecule has 0 aromatic rings. The Bertz CT molecular complexity index is 86.1. The molecule has 0 aromatic carbocycles. The summed E-state index contributed by atoms with van der Waals surface area (Å²) in [5.41, 5.74) is 0.0143. The van der Waals surface area contributed by atoms with Gasteiger partial charge in [0.1, 0.15) is 0 Å². The molecule has 0 spiro atoms. The Morgan fingerprint density at radius 1 is 1.27 bits per heavy atom. The normalized spacial score (nSPS) is 12.0. The van der Waals surface area contributed by atoms with Crippen LogP contribution in [0.15, 0.2) is 0 Å². The molecule has 0 rings (SSSR count). The van der Waals surface area contributed by atoms with E-state index in [1.165, 1.54) is 0 Å². The van der Waals surface area contributed by atoms with Crippen molar-refractivity contribution in [3.05, 3.63) is 0 Å². The molecule has 0 heterocycles. The highest BCUT2D eigenvalue weighted by molar-refractivity contribution is 9.09. The summed E-state index contributed by atoms with van der Waals surface area (Å²) in [6.07, 6.45) is 4.54. The van der Waals surface area contributed by atoms with E-state index in [1.807, 2.05) is 0 Å². The first-order chi connectivity index (χ1) is 5.24. The summed E-state index contributed by atoms with van der Waals surface area (Å²) in [5, 5.41) is 0.908. The van der Waals surface area contributed by atoms with Crippen molar-refractivity contribution in [2.24, 2.45) is 0 Å². The van der Waals surface area contributed by atoms with E-state index >= 15 is 0 Å². The molecule has 0 amide bonds. The van der Waals surface area contributed by atoms with Crippen molar-refractivity contribution in [1.29, 1.82) is 0 Å². The highest BCUT2D eigenvalue weighted by Gasteiger charge is 2.25. The molecule has 11 heavy (non-hydrogen) atoms. The fraction of sp³-hybridized carbons (Fsp3) is 1.00. The van der Waals surface area contributed by atoms with Crippen LogP contribution in [0, 0.1) is 0 Å². The number of rotatable bonds is 6. The minimum absolute atomic E-state index is 0.0143. The van der Waals surface area contributed by atoms with Crippen LogP contribution in [0.1, 0.15) is 39.5 Å². The number of hydrogen-bond acceptors (Lipinski definition) is 1. The monoisotopic (exact) mass is 235 g/mol. The molecule has 0 atom stereocenters. The lowest BCUT2D eigenvalue weighted by Gasteiger charge is -2.30.